The van der Waals surface area contributed by atoms with E-state index in [0.717, 1.165) is 10.6 Å². The molecule has 11 heteroatoms. The average Bonchev–Trinajstić information content (AvgIpc) is 2.67. The Morgan fingerprint density at radius 1 is 1.17 bits per heavy atom. The van der Waals surface area contributed by atoms with E-state index in [1.165, 1.54) is 13.2 Å². The molecule has 0 bridgehead atoms. The lowest BCUT2D eigenvalue weighted by molar-refractivity contribution is -0.141. The molecule has 0 saturated carbocycles. The number of ether oxygens (including phenoxy) is 2. The Morgan fingerprint density at radius 2 is 1.83 bits per heavy atom. The molecule has 0 unspecified atom stereocenters. The van der Waals surface area contributed by atoms with Crippen molar-refractivity contribution in [2.75, 3.05) is 7.11 Å². The van der Waals surface area contributed by atoms with Crippen LogP contribution in [-0.4, -0.2) is 16.7 Å². The minimum atomic E-state index is -4.90. The predicted octanol–water partition coefficient (Wildman–Crippen LogP) is 5.67. The second-order valence-electron chi connectivity index (χ2n) is 6.00. The monoisotopic (exact) mass is 506 g/mol. The fraction of sp³-hybridized carbons (Fsp3) is 0.158. The number of nitrogens with zero attached hydrogens (tertiary/aromatic N) is 2. The molecule has 0 fully saturated rings. The molecule has 0 spiro atoms. The van der Waals surface area contributed by atoms with E-state index in [2.05, 4.69) is 20.9 Å². The van der Waals surface area contributed by atoms with Gasteiger partial charge in [-0.25, -0.2) is 4.39 Å². The van der Waals surface area contributed by atoms with Gasteiger partial charge in [0.25, 0.3) is 5.56 Å². The first-order chi connectivity index (χ1) is 14.1. The van der Waals surface area contributed by atoms with E-state index < -0.39 is 35.0 Å². The van der Waals surface area contributed by atoms with Gasteiger partial charge in [-0.3, -0.25) is 9.36 Å². The smallest absolute Gasteiger partial charge is 0.433 e. The van der Waals surface area contributed by atoms with Crippen molar-refractivity contribution in [1.29, 1.82) is 0 Å². The number of hydrogen-bond donors (Lipinski definition) is 0. The summed E-state index contributed by atoms with van der Waals surface area (Å²) in [5, 5.41) is 0.0642. The van der Waals surface area contributed by atoms with E-state index in [-0.39, 0.29) is 16.0 Å². The fourth-order valence-electron chi connectivity index (χ4n) is 2.47. The Bertz CT molecular complexity index is 1130. The van der Waals surface area contributed by atoms with E-state index in [1.54, 1.807) is 24.3 Å². The summed E-state index contributed by atoms with van der Waals surface area (Å²) in [5.74, 6) is -0.856. The van der Waals surface area contributed by atoms with Gasteiger partial charge in [0, 0.05) is 17.2 Å². The van der Waals surface area contributed by atoms with Gasteiger partial charge in [0.15, 0.2) is 17.3 Å². The molecule has 158 valence electrons. The Morgan fingerprint density at radius 3 is 2.43 bits per heavy atom. The van der Waals surface area contributed by atoms with Gasteiger partial charge in [-0.05, 0) is 39.7 Å². The zero-order chi connectivity index (χ0) is 22.1. The maximum atomic E-state index is 14.4. The average molecular weight is 508 g/mol. The summed E-state index contributed by atoms with van der Waals surface area (Å²) in [6, 6.07) is 8.38. The van der Waals surface area contributed by atoms with Crippen molar-refractivity contribution in [2.45, 2.75) is 12.7 Å². The number of benzene rings is 2. The van der Waals surface area contributed by atoms with Gasteiger partial charge in [-0.1, -0.05) is 23.7 Å². The summed E-state index contributed by atoms with van der Waals surface area (Å²) in [6.45, 7) is -0.174. The first-order valence-corrected chi connectivity index (χ1v) is 9.40. The zero-order valence-electron chi connectivity index (χ0n) is 15.1. The highest BCUT2D eigenvalue weighted by Gasteiger charge is 2.34. The van der Waals surface area contributed by atoms with Crippen LogP contribution in [0.2, 0.25) is 5.02 Å². The molecule has 0 N–H and O–H groups in total. The summed E-state index contributed by atoms with van der Waals surface area (Å²) < 4.78 is 64.9. The molecule has 1 aromatic heterocycles. The SMILES string of the molecule is COc1ccc(Cn2c(Oc3cc(Cl)cc(Br)c3F)nc(C(F)(F)F)cc2=O)cc1. The first kappa shape index (κ1) is 22.1. The predicted molar refractivity (Wildman–Crippen MR) is 105 cm³/mol. The highest BCUT2D eigenvalue weighted by Crippen LogP contribution is 2.33. The largest absolute Gasteiger partial charge is 0.497 e. The number of alkyl halides is 3. The normalized spacial score (nSPS) is 11.4. The van der Waals surface area contributed by atoms with E-state index in [4.69, 9.17) is 21.1 Å². The van der Waals surface area contributed by atoms with Gasteiger partial charge < -0.3 is 9.47 Å². The van der Waals surface area contributed by atoms with Crippen LogP contribution in [0.4, 0.5) is 17.6 Å². The molecular weight excluding hydrogens is 496 g/mol. The summed E-state index contributed by atoms with van der Waals surface area (Å²) in [4.78, 5) is 15.8. The minimum absolute atomic E-state index is 0.0642. The van der Waals surface area contributed by atoms with Crippen LogP contribution in [0.25, 0.3) is 0 Å². The van der Waals surface area contributed by atoms with Gasteiger partial charge in [-0.2, -0.15) is 18.2 Å². The highest BCUT2D eigenvalue weighted by atomic mass is 79.9. The minimum Gasteiger partial charge on any atom is -0.497 e. The molecule has 5 nitrogen and oxygen atoms in total. The Hall–Kier alpha value is -2.59. The van der Waals surface area contributed by atoms with Crippen molar-refractivity contribution in [3.8, 4) is 17.5 Å². The molecule has 2 aromatic carbocycles. The van der Waals surface area contributed by atoms with Gasteiger partial charge in [0.1, 0.15) is 5.75 Å². The van der Waals surface area contributed by atoms with Crippen LogP contribution in [-0.2, 0) is 12.7 Å². The van der Waals surface area contributed by atoms with E-state index in [1.807, 2.05) is 0 Å². The third-order valence-corrected chi connectivity index (χ3v) is 4.72. The molecule has 0 atom stereocenters. The third kappa shape index (κ3) is 4.93. The fourth-order valence-corrected chi connectivity index (χ4v) is 3.25. The molecule has 30 heavy (non-hydrogen) atoms. The lowest BCUT2D eigenvalue weighted by atomic mass is 10.2. The molecule has 0 saturated heterocycles. The topological polar surface area (TPSA) is 53.4 Å². The van der Waals surface area contributed by atoms with Crippen LogP contribution in [0.1, 0.15) is 11.3 Å². The van der Waals surface area contributed by atoms with Gasteiger partial charge >= 0.3 is 12.2 Å². The van der Waals surface area contributed by atoms with Crippen molar-refractivity contribution in [3.05, 3.63) is 79.4 Å². The van der Waals surface area contributed by atoms with Crippen molar-refractivity contribution >= 4 is 27.5 Å². The summed E-state index contributed by atoms with van der Waals surface area (Å²) >= 11 is 8.80. The quantitative estimate of drug-likeness (QED) is 0.330. The third-order valence-electron chi connectivity index (χ3n) is 3.92. The Kier molecular flexibility index (Phi) is 6.37. The second kappa shape index (κ2) is 8.65. The van der Waals surface area contributed by atoms with Gasteiger partial charge in [0.2, 0.25) is 0 Å². The summed E-state index contributed by atoms with van der Waals surface area (Å²) in [5.41, 5.74) is -1.93. The van der Waals surface area contributed by atoms with Crippen molar-refractivity contribution in [2.24, 2.45) is 0 Å². The van der Waals surface area contributed by atoms with Crippen LogP contribution in [0.15, 0.2) is 51.7 Å². The second-order valence-corrected chi connectivity index (χ2v) is 7.29. The molecule has 0 aliphatic rings. The Labute approximate surface area is 181 Å². The molecule has 3 rings (SSSR count). The molecule has 0 amide bonds. The van der Waals surface area contributed by atoms with Crippen molar-refractivity contribution < 1.29 is 27.0 Å². The van der Waals surface area contributed by atoms with Crippen LogP contribution in [0.3, 0.4) is 0 Å². The van der Waals surface area contributed by atoms with Crippen LogP contribution in [0.5, 0.6) is 17.5 Å². The van der Waals surface area contributed by atoms with E-state index in [0.29, 0.717) is 17.4 Å². The number of methoxy groups -OCH3 is 1. The van der Waals surface area contributed by atoms with Crippen LogP contribution >= 0.6 is 27.5 Å². The molecule has 0 aliphatic carbocycles. The molecule has 0 aliphatic heterocycles. The van der Waals surface area contributed by atoms with E-state index in [9.17, 15) is 22.4 Å². The number of hydrogen-bond acceptors (Lipinski definition) is 4. The summed E-state index contributed by atoms with van der Waals surface area (Å²) in [6.07, 6.45) is -4.90. The molecular formula is C19H12BrClF4N2O3. The summed E-state index contributed by atoms with van der Waals surface area (Å²) in [7, 11) is 1.48. The lowest BCUT2D eigenvalue weighted by Crippen LogP contribution is -2.26. The molecule has 3 aromatic rings. The zero-order valence-corrected chi connectivity index (χ0v) is 17.5. The van der Waals surface area contributed by atoms with E-state index >= 15 is 0 Å². The lowest BCUT2D eigenvalue weighted by Gasteiger charge is -2.16. The molecule has 1 heterocycles. The van der Waals surface area contributed by atoms with Gasteiger partial charge in [-0.15, -0.1) is 0 Å². The van der Waals surface area contributed by atoms with Gasteiger partial charge in [0.05, 0.1) is 18.1 Å². The number of aromatic nitrogens is 2. The maximum Gasteiger partial charge on any atom is 0.433 e. The van der Waals surface area contributed by atoms with Crippen molar-refractivity contribution in [3.63, 3.8) is 0 Å². The first-order valence-electron chi connectivity index (χ1n) is 8.23. The van der Waals surface area contributed by atoms with Crippen LogP contribution < -0.4 is 15.0 Å². The Balaban J connectivity index is 2.10. The maximum absolute atomic E-state index is 14.4. The highest BCUT2D eigenvalue weighted by molar-refractivity contribution is 9.10. The number of halogens is 6. The number of rotatable bonds is 5. The van der Waals surface area contributed by atoms with Crippen LogP contribution in [0, 0.1) is 5.82 Å². The van der Waals surface area contributed by atoms with Crippen molar-refractivity contribution in [1.82, 2.24) is 9.55 Å². The molecule has 0 radical (unpaired) electrons. The standard InChI is InChI=1S/C19H12BrClF4N2O3/c1-29-12-4-2-10(3-5-12)9-27-16(28)8-15(19(23,24)25)26-18(27)30-14-7-11(21)6-13(20)17(14)22/h2-8H,9H2,1H3.